The third-order valence-electron chi connectivity index (χ3n) is 4.58. The van der Waals surface area contributed by atoms with Gasteiger partial charge >= 0.3 is 0 Å². The first-order valence-corrected chi connectivity index (χ1v) is 8.78. The lowest BCUT2D eigenvalue weighted by atomic mass is 9.92. The van der Waals surface area contributed by atoms with Crippen molar-refractivity contribution in [3.8, 4) is 46.5 Å². The van der Waals surface area contributed by atoms with Crippen LogP contribution in [-0.2, 0) is 0 Å². The van der Waals surface area contributed by atoms with Gasteiger partial charge in [-0.1, -0.05) is 0 Å². The van der Waals surface area contributed by atoms with Gasteiger partial charge in [-0.05, 0) is 59.7 Å². The number of rotatable bonds is 2. The Bertz CT molecular complexity index is 1410. The molecule has 4 nitrogen and oxygen atoms in total. The molecule has 3 aromatic carbocycles. The fourth-order valence-electron chi connectivity index (χ4n) is 3.16. The summed E-state index contributed by atoms with van der Waals surface area (Å²) in [6.07, 6.45) is 0. The second-order valence-electron chi connectivity index (χ2n) is 6.39. The van der Waals surface area contributed by atoms with Gasteiger partial charge in [-0.25, -0.2) is 17.6 Å². The first-order chi connectivity index (χ1) is 15.3. The number of benzene rings is 3. The Kier molecular flexibility index (Phi) is 6.02. The van der Waals surface area contributed by atoms with Crippen molar-refractivity contribution < 1.29 is 17.6 Å². The summed E-state index contributed by atoms with van der Waals surface area (Å²) in [4.78, 5) is 0. The molecule has 0 N–H and O–H groups in total. The van der Waals surface area contributed by atoms with Gasteiger partial charge in [0, 0.05) is 21.6 Å². The lowest BCUT2D eigenvalue weighted by Gasteiger charge is -2.11. The lowest BCUT2D eigenvalue weighted by molar-refractivity contribution is 0.602. The number of nitriles is 4. The number of halogens is 4. The highest BCUT2D eigenvalue weighted by Crippen LogP contribution is 2.25. The molecule has 0 bridgehead atoms. The molecule has 0 unspecified atom stereocenters. The summed E-state index contributed by atoms with van der Waals surface area (Å²) in [5.74, 6) is -3.47. The third-order valence-corrected chi connectivity index (χ3v) is 4.58. The van der Waals surface area contributed by atoms with Crippen molar-refractivity contribution in [3.63, 3.8) is 0 Å². The van der Waals surface area contributed by atoms with E-state index in [0.717, 1.165) is 48.5 Å². The highest BCUT2D eigenvalue weighted by molar-refractivity contribution is 5.85. The Balaban J connectivity index is 2.69. The predicted octanol–water partition coefficient (Wildman–Crippen LogP) is 3.97. The van der Waals surface area contributed by atoms with Crippen molar-refractivity contribution in [2.24, 2.45) is 0 Å². The van der Waals surface area contributed by atoms with Gasteiger partial charge in [0.1, 0.15) is 58.7 Å². The molecule has 0 spiro atoms. The molecule has 32 heavy (non-hydrogen) atoms. The van der Waals surface area contributed by atoms with E-state index in [4.69, 9.17) is 0 Å². The zero-order chi connectivity index (χ0) is 23.4. The van der Waals surface area contributed by atoms with Crippen molar-refractivity contribution in [1.82, 2.24) is 0 Å². The van der Waals surface area contributed by atoms with Crippen molar-refractivity contribution in [2.75, 3.05) is 0 Å². The molecule has 0 aliphatic heterocycles. The van der Waals surface area contributed by atoms with Crippen LogP contribution in [0.25, 0.3) is 33.4 Å². The van der Waals surface area contributed by atoms with Gasteiger partial charge in [0.15, 0.2) is 0 Å². The van der Waals surface area contributed by atoms with E-state index in [-0.39, 0.29) is 32.7 Å². The van der Waals surface area contributed by atoms with Crippen LogP contribution in [0, 0.1) is 68.6 Å². The summed E-state index contributed by atoms with van der Waals surface area (Å²) in [7, 11) is 0. The minimum Gasteiger partial charge on any atom is -0.207 e. The standard InChI is InChI=1S/C24H8F4N4/c25-15-1-3-23(27)21(5-15)19-7-18(14(11-31)12-32)20(8-17(19)13(9-29)10-30)22-6-16(26)2-4-24(22)28/h1-8H. The third kappa shape index (κ3) is 3.90. The van der Waals surface area contributed by atoms with Crippen LogP contribution in [0.15, 0.2) is 48.5 Å². The van der Waals surface area contributed by atoms with Crippen molar-refractivity contribution in [1.29, 1.82) is 21.0 Å². The Hall–Kier alpha value is -4.92. The van der Waals surface area contributed by atoms with E-state index >= 15 is 0 Å². The summed E-state index contributed by atoms with van der Waals surface area (Å²) in [5, 5.41) is 37.1. The molecule has 0 aliphatic rings. The van der Waals surface area contributed by atoms with Crippen LogP contribution in [0.5, 0.6) is 0 Å². The zero-order valence-corrected chi connectivity index (χ0v) is 15.9. The van der Waals surface area contributed by atoms with Gasteiger partial charge in [0.2, 0.25) is 0 Å². The topological polar surface area (TPSA) is 95.2 Å². The highest BCUT2D eigenvalue weighted by atomic mass is 19.1. The average molecular weight is 428 g/mol. The van der Waals surface area contributed by atoms with Crippen molar-refractivity contribution in [3.05, 3.63) is 82.2 Å². The minimum absolute atomic E-state index is 0.182. The normalized spacial score (nSPS) is 9.75. The molecular weight excluding hydrogens is 420 g/mol. The van der Waals surface area contributed by atoms with E-state index in [1.54, 1.807) is 24.3 Å². The summed E-state index contributed by atoms with van der Waals surface area (Å²) in [6, 6.07) is 13.6. The molecule has 3 rings (SSSR count). The highest BCUT2D eigenvalue weighted by Gasteiger charge is 2.17. The largest absolute Gasteiger partial charge is 0.207 e. The van der Waals surface area contributed by atoms with Crippen LogP contribution in [0.2, 0.25) is 0 Å². The van der Waals surface area contributed by atoms with Gasteiger partial charge in [-0.3, -0.25) is 0 Å². The fraction of sp³-hybridized carbons (Fsp3) is 0. The van der Waals surface area contributed by atoms with Crippen LogP contribution in [-0.4, -0.2) is 0 Å². The maximum atomic E-state index is 14.6. The van der Waals surface area contributed by atoms with Crippen LogP contribution >= 0.6 is 0 Å². The molecular formula is C24H8F4N4. The average Bonchev–Trinajstić information content (AvgIpc) is 2.79. The lowest BCUT2D eigenvalue weighted by Crippen LogP contribution is -2.20. The Morgan fingerprint density at radius 3 is 1.16 bits per heavy atom. The van der Waals surface area contributed by atoms with Gasteiger partial charge in [0.05, 0.1) is 0 Å². The predicted molar refractivity (Wildman–Crippen MR) is 106 cm³/mol. The molecule has 0 heterocycles. The quantitative estimate of drug-likeness (QED) is 0.577. The van der Waals surface area contributed by atoms with Crippen molar-refractivity contribution in [2.45, 2.75) is 0 Å². The van der Waals surface area contributed by atoms with Crippen LogP contribution in [0.1, 0.15) is 0 Å². The van der Waals surface area contributed by atoms with Gasteiger partial charge in [-0.2, -0.15) is 21.0 Å². The fourth-order valence-corrected chi connectivity index (χ4v) is 3.16. The first-order valence-electron chi connectivity index (χ1n) is 8.78. The summed E-state index contributed by atoms with van der Waals surface area (Å²) >= 11 is 0. The van der Waals surface area contributed by atoms with E-state index in [1.807, 2.05) is 0 Å². The molecule has 0 radical (unpaired) electrons. The SMILES string of the molecule is N#CC(C#N)=c1cc(-c2cc(F)ccc2F)c(=C(C#N)C#N)cc1-c1cc(F)ccc1F. The number of hydrogen-bond acceptors (Lipinski definition) is 4. The molecule has 0 saturated carbocycles. The maximum absolute atomic E-state index is 14.6. The van der Waals surface area contributed by atoms with E-state index in [2.05, 4.69) is 0 Å². The van der Waals surface area contributed by atoms with E-state index < -0.39 is 34.4 Å². The summed E-state index contributed by atoms with van der Waals surface area (Å²) in [6.45, 7) is 0. The summed E-state index contributed by atoms with van der Waals surface area (Å²) in [5.41, 5.74) is -2.12. The molecule has 0 atom stereocenters. The van der Waals surface area contributed by atoms with Gasteiger partial charge in [0.25, 0.3) is 0 Å². The Morgan fingerprint density at radius 2 is 0.844 bits per heavy atom. The molecule has 3 aromatic rings. The Morgan fingerprint density at radius 1 is 0.500 bits per heavy atom. The van der Waals surface area contributed by atoms with E-state index in [0.29, 0.717) is 0 Å². The minimum atomic E-state index is -0.908. The first kappa shape index (κ1) is 21.8. The van der Waals surface area contributed by atoms with Crippen LogP contribution < -0.4 is 10.4 Å². The smallest absolute Gasteiger partial charge is 0.137 e. The molecule has 0 amide bonds. The molecule has 0 aromatic heterocycles. The summed E-state index contributed by atoms with van der Waals surface area (Å²) < 4.78 is 56.8. The second-order valence-corrected chi connectivity index (χ2v) is 6.39. The van der Waals surface area contributed by atoms with Crippen LogP contribution in [0.3, 0.4) is 0 Å². The van der Waals surface area contributed by atoms with Crippen LogP contribution in [0.4, 0.5) is 17.6 Å². The molecule has 0 aliphatic carbocycles. The Labute approximate surface area is 179 Å². The number of hydrogen-bond donors (Lipinski definition) is 0. The number of nitrogens with zero attached hydrogens (tertiary/aromatic N) is 4. The van der Waals surface area contributed by atoms with Gasteiger partial charge < -0.3 is 0 Å². The molecule has 8 heteroatoms. The van der Waals surface area contributed by atoms with E-state index in [1.165, 1.54) is 0 Å². The molecule has 0 saturated heterocycles. The van der Waals surface area contributed by atoms with Crippen molar-refractivity contribution >= 4 is 11.1 Å². The molecule has 152 valence electrons. The monoisotopic (exact) mass is 428 g/mol. The zero-order valence-electron chi connectivity index (χ0n) is 15.9. The second kappa shape index (κ2) is 8.84. The van der Waals surface area contributed by atoms with Gasteiger partial charge in [-0.15, -0.1) is 0 Å². The maximum Gasteiger partial charge on any atom is 0.137 e. The van der Waals surface area contributed by atoms with E-state index in [9.17, 15) is 38.6 Å². The molecule has 0 fully saturated rings.